The number of para-hydroxylation sites is 1. The van der Waals surface area contributed by atoms with E-state index in [4.69, 9.17) is 0 Å². The Morgan fingerprint density at radius 1 is 0.909 bits per heavy atom. The van der Waals surface area contributed by atoms with Gasteiger partial charge in [0.1, 0.15) is 0 Å². The number of benzene rings is 2. The average Bonchev–Trinajstić information content (AvgIpc) is 2.83. The lowest BCUT2D eigenvalue weighted by atomic mass is 9.83. The molecule has 1 aliphatic heterocycles. The van der Waals surface area contributed by atoms with Crippen molar-refractivity contribution in [2.45, 2.75) is 25.4 Å². The fourth-order valence-electron chi connectivity index (χ4n) is 4.03. The molecular weight excluding hydrogens is 268 g/mol. The van der Waals surface area contributed by atoms with E-state index in [2.05, 4.69) is 85.1 Å². The van der Waals surface area contributed by atoms with Crippen LogP contribution < -0.4 is 0 Å². The van der Waals surface area contributed by atoms with Gasteiger partial charge in [0.25, 0.3) is 0 Å². The number of nitrogens with zero attached hydrogens (tertiary/aromatic N) is 2. The molecule has 0 aliphatic carbocycles. The summed E-state index contributed by atoms with van der Waals surface area (Å²) in [5.41, 5.74) is 5.73. The number of hydrogen-bond acceptors (Lipinski definition) is 1. The van der Waals surface area contributed by atoms with Gasteiger partial charge in [0.15, 0.2) is 0 Å². The zero-order valence-corrected chi connectivity index (χ0v) is 13.5. The number of fused-ring (bicyclic) bond motifs is 3. The SMILES string of the molecule is C[C@H]1[C@@H](c2ccccc2)c2c(c3ccccc3n2C)CN1C. The molecular formula is C20H22N2. The molecule has 2 atom stereocenters. The first-order valence-corrected chi connectivity index (χ1v) is 8.00. The molecule has 2 nitrogen and oxygen atoms in total. The topological polar surface area (TPSA) is 8.17 Å². The van der Waals surface area contributed by atoms with Crippen molar-refractivity contribution in [3.63, 3.8) is 0 Å². The Morgan fingerprint density at radius 2 is 1.59 bits per heavy atom. The van der Waals surface area contributed by atoms with E-state index in [-0.39, 0.29) is 0 Å². The lowest BCUT2D eigenvalue weighted by Crippen LogP contribution is -2.39. The predicted molar refractivity (Wildman–Crippen MR) is 92.1 cm³/mol. The first kappa shape index (κ1) is 13.6. The third kappa shape index (κ3) is 1.84. The third-order valence-corrected chi connectivity index (χ3v) is 5.30. The maximum atomic E-state index is 2.48. The van der Waals surface area contributed by atoms with Gasteiger partial charge < -0.3 is 4.57 Å². The van der Waals surface area contributed by atoms with Crippen molar-refractivity contribution in [1.82, 2.24) is 9.47 Å². The molecule has 0 bridgehead atoms. The summed E-state index contributed by atoms with van der Waals surface area (Å²) in [5.74, 6) is 0.423. The Labute approximate surface area is 132 Å². The van der Waals surface area contributed by atoms with Crippen LogP contribution in [0, 0.1) is 0 Å². The minimum absolute atomic E-state index is 0.423. The van der Waals surface area contributed by atoms with Crippen LogP contribution in [0.4, 0.5) is 0 Å². The summed E-state index contributed by atoms with van der Waals surface area (Å²) >= 11 is 0. The van der Waals surface area contributed by atoms with Crippen LogP contribution in [0.25, 0.3) is 10.9 Å². The lowest BCUT2D eigenvalue weighted by Gasteiger charge is -2.38. The molecule has 0 fully saturated rings. The van der Waals surface area contributed by atoms with Crippen molar-refractivity contribution >= 4 is 10.9 Å². The van der Waals surface area contributed by atoms with Crippen LogP contribution in [0.5, 0.6) is 0 Å². The van der Waals surface area contributed by atoms with Gasteiger partial charge in [-0.05, 0) is 31.2 Å². The first-order valence-electron chi connectivity index (χ1n) is 8.00. The van der Waals surface area contributed by atoms with E-state index in [1.165, 1.54) is 27.7 Å². The minimum atomic E-state index is 0.423. The molecule has 112 valence electrons. The highest BCUT2D eigenvalue weighted by Crippen LogP contribution is 2.41. The van der Waals surface area contributed by atoms with Gasteiger partial charge in [-0.2, -0.15) is 0 Å². The van der Waals surface area contributed by atoms with Crippen molar-refractivity contribution in [1.29, 1.82) is 0 Å². The van der Waals surface area contributed by atoms with Gasteiger partial charge in [-0.25, -0.2) is 0 Å². The zero-order valence-electron chi connectivity index (χ0n) is 13.5. The van der Waals surface area contributed by atoms with Gasteiger partial charge in [0, 0.05) is 42.1 Å². The summed E-state index contributed by atoms with van der Waals surface area (Å²) in [6, 6.07) is 20.2. The predicted octanol–water partition coefficient (Wildman–Crippen LogP) is 4.14. The molecule has 0 amide bonds. The van der Waals surface area contributed by atoms with E-state index in [1.807, 2.05) is 0 Å². The van der Waals surface area contributed by atoms with Crippen LogP contribution in [0.3, 0.4) is 0 Å². The van der Waals surface area contributed by atoms with Gasteiger partial charge in [-0.3, -0.25) is 4.90 Å². The van der Waals surface area contributed by atoms with Crippen molar-refractivity contribution in [2.75, 3.05) is 7.05 Å². The van der Waals surface area contributed by atoms with E-state index in [0.717, 1.165) is 6.54 Å². The van der Waals surface area contributed by atoms with E-state index < -0.39 is 0 Å². The molecule has 1 aliphatic rings. The van der Waals surface area contributed by atoms with Crippen LogP contribution in [0.15, 0.2) is 54.6 Å². The van der Waals surface area contributed by atoms with Crippen molar-refractivity contribution < 1.29 is 0 Å². The first-order chi connectivity index (χ1) is 10.7. The fraction of sp³-hybridized carbons (Fsp3) is 0.300. The Balaban J connectivity index is 2.02. The van der Waals surface area contributed by atoms with Crippen LogP contribution in [-0.2, 0) is 13.6 Å². The van der Waals surface area contributed by atoms with Gasteiger partial charge >= 0.3 is 0 Å². The molecule has 4 rings (SSSR count). The molecule has 0 saturated heterocycles. The molecule has 0 radical (unpaired) electrons. The number of aryl methyl sites for hydroxylation is 1. The molecule has 0 N–H and O–H groups in total. The van der Waals surface area contributed by atoms with E-state index in [9.17, 15) is 0 Å². The number of likely N-dealkylation sites (N-methyl/N-ethyl adjacent to an activating group) is 1. The normalized spacial score (nSPS) is 22.0. The molecule has 2 heterocycles. The summed E-state index contributed by atoms with van der Waals surface area (Å²) in [7, 11) is 4.46. The van der Waals surface area contributed by atoms with Crippen molar-refractivity contribution in [2.24, 2.45) is 7.05 Å². The summed E-state index contributed by atoms with van der Waals surface area (Å²) in [6.45, 7) is 3.37. The molecule has 2 aromatic carbocycles. The van der Waals surface area contributed by atoms with Crippen LogP contribution in [0.2, 0.25) is 0 Å². The quantitative estimate of drug-likeness (QED) is 0.654. The summed E-state index contributed by atoms with van der Waals surface area (Å²) in [5, 5.41) is 1.40. The second-order valence-electron chi connectivity index (χ2n) is 6.48. The summed E-state index contributed by atoms with van der Waals surface area (Å²) < 4.78 is 2.41. The number of hydrogen-bond donors (Lipinski definition) is 0. The van der Waals surface area contributed by atoms with Crippen molar-refractivity contribution in [3.05, 3.63) is 71.4 Å². The number of aromatic nitrogens is 1. The largest absolute Gasteiger partial charge is 0.347 e. The van der Waals surface area contributed by atoms with Gasteiger partial charge in [-0.15, -0.1) is 0 Å². The highest BCUT2D eigenvalue weighted by Gasteiger charge is 2.35. The Morgan fingerprint density at radius 3 is 2.36 bits per heavy atom. The highest BCUT2D eigenvalue weighted by atomic mass is 15.2. The van der Waals surface area contributed by atoms with Crippen LogP contribution >= 0.6 is 0 Å². The second-order valence-corrected chi connectivity index (χ2v) is 6.48. The zero-order chi connectivity index (χ0) is 15.3. The molecule has 0 spiro atoms. The maximum Gasteiger partial charge on any atom is 0.0483 e. The van der Waals surface area contributed by atoms with Gasteiger partial charge in [0.05, 0.1) is 0 Å². The second kappa shape index (κ2) is 4.99. The molecule has 3 aromatic rings. The lowest BCUT2D eigenvalue weighted by molar-refractivity contribution is 0.209. The Hall–Kier alpha value is -2.06. The summed E-state index contributed by atoms with van der Waals surface area (Å²) in [6.07, 6.45) is 0. The molecule has 22 heavy (non-hydrogen) atoms. The third-order valence-electron chi connectivity index (χ3n) is 5.30. The van der Waals surface area contributed by atoms with Crippen LogP contribution in [0.1, 0.15) is 29.7 Å². The Bertz CT molecular complexity index is 816. The average molecular weight is 290 g/mol. The minimum Gasteiger partial charge on any atom is -0.347 e. The summed E-state index contributed by atoms with van der Waals surface area (Å²) in [4.78, 5) is 2.48. The molecule has 0 saturated carbocycles. The molecule has 0 unspecified atom stereocenters. The van der Waals surface area contributed by atoms with Crippen molar-refractivity contribution in [3.8, 4) is 0 Å². The maximum absolute atomic E-state index is 2.48. The Kier molecular flexibility index (Phi) is 3.08. The smallest absolute Gasteiger partial charge is 0.0483 e. The number of rotatable bonds is 1. The monoisotopic (exact) mass is 290 g/mol. The van der Waals surface area contributed by atoms with Gasteiger partial charge in [0.2, 0.25) is 0 Å². The highest BCUT2D eigenvalue weighted by molar-refractivity contribution is 5.86. The van der Waals surface area contributed by atoms with Crippen LogP contribution in [-0.4, -0.2) is 22.6 Å². The van der Waals surface area contributed by atoms with E-state index in [0.29, 0.717) is 12.0 Å². The molecule has 1 aromatic heterocycles. The van der Waals surface area contributed by atoms with E-state index >= 15 is 0 Å². The van der Waals surface area contributed by atoms with E-state index in [1.54, 1.807) is 0 Å². The fourth-order valence-corrected chi connectivity index (χ4v) is 4.03. The standard InChI is InChI=1S/C20H22N2/c1-14-19(15-9-5-4-6-10-15)20-17(13-21(14)2)16-11-7-8-12-18(16)22(20)3/h4-12,14,19H,13H2,1-3H3/t14-,19-/m0/s1. The van der Waals surface area contributed by atoms with Gasteiger partial charge in [-0.1, -0.05) is 48.5 Å². The molecule has 2 heteroatoms.